The van der Waals surface area contributed by atoms with Gasteiger partial charge in [0.2, 0.25) is 0 Å². The monoisotopic (exact) mass is 273 g/mol. The summed E-state index contributed by atoms with van der Waals surface area (Å²) in [5.41, 5.74) is 3.87. The minimum Gasteiger partial charge on any atom is -0.304 e. The van der Waals surface area contributed by atoms with Crippen LogP contribution < -0.4 is 5.32 Å². The van der Waals surface area contributed by atoms with Crippen molar-refractivity contribution < 1.29 is 0 Å². The van der Waals surface area contributed by atoms with E-state index in [1.165, 1.54) is 16.7 Å². The SMILES string of the molecule is Cc1cccc(C(C)N[C@@H](C)c2ccc(Cl)cc2)c1. The Hall–Kier alpha value is -1.31. The van der Waals surface area contributed by atoms with Gasteiger partial charge in [0.15, 0.2) is 0 Å². The van der Waals surface area contributed by atoms with E-state index >= 15 is 0 Å². The predicted octanol–water partition coefficient (Wildman–Crippen LogP) is 5.06. The number of hydrogen-bond acceptors (Lipinski definition) is 1. The van der Waals surface area contributed by atoms with Crippen molar-refractivity contribution in [3.63, 3.8) is 0 Å². The summed E-state index contributed by atoms with van der Waals surface area (Å²) in [6, 6.07) is 17.3. The van der Waals surface area contributed by atoms with Gasteiger partial charge in [-0.2, -0.15) is 0 Å². The Morgan fingerprint density at radius 3 is 2.16 bits per heavy atom. The van der Waals surface area contributed by atoms with Crippen LogP contribution in [0, 0.1) is 6.92 Å². The molecule has 0 fully saturated rings. The Morgan fingerprint density at radius 2 is 1.53 bits per heavy atom. The summed E-state index contributed by atoms with van der Waals surface area (Å²) in [5.74, 6) is 0. The molecule has 0 spiro atoms. The van der Waals surface area contributed by atoms with Gasteiger partial charge in [0.1, 0.15) is 0 Å². The molecule has 2 aromatic rings. The van der Waals surface area contributed by atoms with Crippen molar-refractivity contribution >= 4 is 11.6 Å². The van der Waals surface area contributed by atoms with Gasteiger partial charge in [0.05, 0.1) is 0 Å². The fourth-order valence-electron chi connectivity index (χ4n) is 2.26. The van der Waals surface area contributed by atoms with E-state index in [-0.39, 0.29) is 0 Å². The molecule has 0 bridgehead atoms. The van der Waals surface area contributed by atoms with Crippen molar-refractivity contribution in [2.75, 3.05) is 0 Å². The van der Waals surface area contributed by atoms with Crippen molar-refractivity contribution in [1.82, 2.24) is 5.32 Å². The molecule has 0 heterocycles. The molecule has 1 unspecified atom stereocenters. The van der Waals surface area contributed by atoms with Crippen LogP contribution in [0.15, 0.2) is 48.5 Å². The number of aryl methyl sites for hydroxylation is 1. The van der Waals surface area contributed by atoms with Gasteiger partial charge in [0, 0.05) is 17.1 Å². The molecule has 2 atom stereocenters. The van der Waals surface area contributed by atoms with Gasteiger partial charge in [-0.1, -0.05) is 53.6 Å². The molecule has 2 heteroatoms. The molecule has 19 heavy (non-hydrogen) atoms. The van der Waals surface area contributed by atoms with E-state index in [0.29, 0.717) is 12.1 Å². The molecule has 2 aromatic carbocycles. The van der Waals surface area contributed by atoms with E-state index in [1.807, 2.05) is 12.1 Å². The van der Waals surface area contributed by atoms with E-state index in [2.05, 4.69) is 62.5 Å². The second-order valence-corrected chi connectivity index (χ2v) is 5.51. The lowest BCUT2D eigenvalue weighted by Gasteiger charge is -2.21. The van der Waals surface area contributed by atoms with Crippen LogP contribution in [0.5, 0.6) is 0 Å². The van der Waals surface area contributed by atoms with Crippen molar-refractivity contribution in [3.05, 3.63) is 70.2 Å². The Balaban J connectivity index is 2.06. The Morgan fingerprint density at radius 1 is 0.895 bits per heavy atom. The second-order valence-electron chi connectivity index (χ2n) is 5.08. The summed E-state index contributed by atoms with van der Waals surface area (Å²) in [6.07, 6.45) is 0. The smallest absolute Gasteiger partial charge is 0.0406 e. The number of hydrogen-bond donors (Lipinski definition) is 1. The fourth-order valence-corrected chi connectivity index (χ4v) is 2.38. The van der Waals surface area contributed by atoms with Crippen LogP contribution in [0.1, 0.15) is 42.6 Å². The van der Waals surface area contributed by atoms with Crippen molar-refractivity contribution in [2.24, 2.45) is 0 Å². The predicted molar refractivity (Wildman–Crippen MR) is 82.6 cm³/mol. The first-order valence-corrected chi connectivity index (χ1v) is 7.02. The van der Waals surface area contributed by atoms with Crippen molar-refractivity contribution in [3.8, 4) is 0 Å². The Labute approximate surface area is 120 Å². The molecular weight excluding hydrogens is 254 g/mol. The van der Waals surface area contributed by atoms with E-state index < -0.39 is 0 Å². The summed E-state index contributed by atoms with van der Waals surface area (Å²) in [4.78, 5) is 0. The number of benzene rings is 2. The second kappa shape index (κ2) is 6.23. The number of halogens is 1. The molecule has 1 N–H and O–H groups in total. The van der Waals surface area contributed by atoms with Crippen LogP contribution in [0.25, 0.3) is 0 Å². The third-order valence-electron chi connectivity index (χ3n) is 3.41. The standard InChI is InChI=1S/C17H20ClN/c1-12-5-4-6-16(11-12)14(3)19-13(2)15-7-9-17(18)10-8-15/h4-11,13-14,19H,1-3H3/t13-,14?/m0/s1. The zero-order valence-corrected chi connectivity index (χ0v) is 12.4. The van der Waals surface area contributed by atoms with E-state index in [0.717, 1.165) is 5.02 Å². The quantitative estimate of drug-likeness (QED) is 0.821. The molecule has 0 aliphatic carbocycles. The van der Waals surface area contributed by atoms with Crippen LogP contribution in [-0.4, -0.2) is 0 Å². The Bertz CT molecular complexity index is 533. The van der Waals surface area contributed by atoms with Gasteiger partial charge in [0.25, 0.3) is 0 Å². The minimum absolute atomic E-state index is 0.299. The maximum atomic E-state index is 5.91. The fraction of sp³-hybridized carbons (Fsp3) is 0.294. The van der Waals surface area contributed by atoms with E-state index in [4.69, 9.17) is 11.6 Å². The average Bonchev–Trinajstić information content (AvgIpc) is 2.39. The third kappa shape index (κ3) is 3.82. The lowest BCUT2D eigenvalue weighted by Crippen LogP contribution is -2.22. The lowest BCUT2D eigenvalue weighted by molar-refractivity contribution is 0.494. The van der Waals surface area contributed by atoms with Crippen molar-refractivity contribution in [2.45, 2.75) is 32.9 Å². The van der Waals surface area contributed by atoms with Gasteiger partial charge in [-0.05, 0) is 44.0 Å². The first kappa shape index (κ1) is 14.1. The summed E-state index contributed by atoms with van der Waals surface area (Å²) in [7, 11) is 0. The number of rotatable bonds is 4. The highest BCUT2D eigenvalue weighted by atomic mass is 35.5. The highest BCUT2D eigenvalue weighted by Crippen LogP contribution is 2.21. The van der Waals surface area contributed by atoms with Crippen LogP contribution in [0.3, 0.4) is 0 Å². The topological polar surface area (TPSA) is 12.0 Å². The molecule has 0 amide bonds. The molecule has 0 aliphatic rings. The largest absolute Gasteiger partial charge is 0.304 e. The molecule has 0 radical (unpaired) electrons. The van der Waals surface area contributed by atoms with Crippen LogP contribution in [-0.2, 0) is 0 Å². The summed E-state index contributed by atoms with van der Waals surface area (Å²) in [5, 5.41) is 4.40. The summed E-state index contributed by atoms with van der Waals surface area (Å²) in [6.45, 7) is 6.50. The molecular formula is C17H20ClN. The molecule has 0 aliphatic heterocycles. The minimum atomic E-state index is 0.299. The summed E-state index contributed by atoms with van der Waals surface area (Å²) >= 11 is 5.91. The van der Waals surface area contributed by atoms with Crippen LogP contribution >= 0.6 is 11.6 Å². The maximum Gasteiger partial charge on any atom is 0.0406 e. The molecule has 2 rings (SSSR count). The van der Waals surface area contributed by atoms with Gasteiger partial charge < -0.3 is 5.32 Å². The molecule has 0 saturated carbocycles. The first-order chi connectivity index (χ1) is 9.06. The molecule has 0 saturated heterocycles. The zero-order chi connectivity index (χ0) is 13.8. The first-order valence-electron chi connectivity index (χ1n) is 6.64. The van der Waals surface area contributed by atoms with Crippen LogP contribution in [0.2, 0.25) is 5.02 Å². The van der Waals surface area contributed by atoms with Crippen molar-refractivity contribution in [1.29, 1.82) is 0 Å². The van der Waals surface area contributed by atoms with E-state index in [9.17, 15) is 0 Å². The highest BCUT2D eigenvalue weighted by Gasteiger charge is 2.11. The maximum absolute atomic E-state index is 5.91. The normalized spacial score (nSPS) is 14.1. The number of nitrogens with one attached hydrogen (secondary N) is 1. The molecule has 100 valence electrons. The van der Waals surface area contributed by atoms with Gasteiger partial charge in [-0.3, -0.25) is 0 Å². The van der Waals surface area contributed by atoms with Gasteiger partial charge >= 0.3 is 0 Å². The van der Waals surface area contributed by atoms with Gasteiger partial charge in [-0.25, -0.2) is 0 Å². The Kier molecular flexibility index (Phi) is 4.62. The van der Waals surface area contributed by atoms with Gasteiger partial charge in [-0.15, -0.1) is 0 Å². The lowest BCUT2D eigenvalue weighted by atomic mass is 10.0. The van der Waals surface area contributed by atoms with Crippen LogP contribution in [0.4, 0.5) is 0 Å². The average molecular weight is 274 g/mol. The zero-order valence-electron chi connectivity index (χ0n) is 11.7. The molecule has 0 aromatic heterocycles. The highest BCUT2D eigenvalue weighted by molar-refractivity contribution is 6.30. The third-order valence-corrected chi connectivity index (χ3v) is 3.66. The summed E-state index contributed by atoms with van der Waals surface area (Å²) < 4.78 is 0. The molecule has 1 nitrogen and oxygen atoms in total. The van der Waals surface area contributed by atoms with E-state index in [1.54, 1.807) is 0 Å².